The van der Waals surface area contributed by atoms with Crippen molar-refractivity contribution in [3.05, 3.63) is 213 Å². The number of carbonyl (C=O) groups is 1. The Bertz CT molecular complexity index is 2620. The molecule has 3 unspecified atom stereocenters. The molecule has 0 amide bonds. The van der Waals surface area contributed by atoms with Crippen LogP contribution in [-0.4, -0.2) is 5.78 Å². The van der Waals surface area contributed by atoms with Gasteiger partial charge in [0, 0.05) is 17.0 Å². The summed E-state index contributed by atoms with van der Waals surface area (Å²) in [5.74, 6) is 0.957. The van der Waals surface area contributed by atoms with E-state index in [0.717, 1.165) is 30.4 Å². The number of hydrogen-bond donors (Lipinski definition) is 0. The average Bonchev–Trinajstić information content (AvgIpc) is 3.89. The molecule has 250 valence electrons. The molecule has 12 rings (SSSR count). The molecular formula is C52H36O. The van der Waals surface area contributed by atoms with Gasteiger partial charge in [0.1, 0.15) is 0 Å². The molecule has 0 bridgehead atoms. The van der Waals surface area contributed by atoms with E-state index in [9.17, 15) is 0 Å². The summed E-state index contributed by atoms with van der Waals surface area (Å²) in [6.45, 7) is 2.23. The van der Waals surface area contributed by atoms with Crippen molar-refractivity contribution in [3.63, 3.8) is 0 Å². The summed E-state index contributed by atoms with van der Waals surface area (Å²) < 4.78 is 0. The van der Waals surface area contributed by atoms with Gasteiger partial charge < -0.3 is 0 Å². The van der Waals surface area contributed by atoms with Crippen LogP contribution in [0.5, 0.6) is 0 Å². The number of fused-ring (bicyclic) bond motifs is 20. The third kappa shape index (κ3) is 3.48. The van der Waals surface area contributed by atoms with Crippen LogP contribution in [0.2, 0.25) is 0 Å². The van der Waals surface area contributed by atoms with Crippen LogP contribution in [0.1, 0.15) is 85.6 Å². The quantitative estimate of drug-likeness (QED) is 0.167. The van der Waals surface area contributed by atoms with Crippen LogP contribution in [0.3, 0.4) is 0 Å². The van der Waals surface area contributed by atoms with Gasteiger partial charge in [-0.05, 0) is 129 Å². The second-order valence-corrected chi connectivity index (χ2v) is 16.1. The summed E-state index contributed by atoms with van der Waals surface area (Å²) in [6, 6.07) is 60.6. The number of hydrogen-bond acceptors (Lipinski definition) is 1. The van der Waals surface area contributed by atoms with E-state index >= 15 is 4.79 Å². The third-order valence-electron chi connectivity index (χ3n) is 13.9. The number of ketones is 1. The topological polar surface area (TPSA) is 17.1 Å². The molecule has 7 aromatic carbocycles. The minimum atomic E-state index is -0.532. The third-order valence-corrected chi connectivity index (χ3v) is 13.9. The molecular weight excluding hydrogens is 641 g/mol. The normalized spacial score (nSPS) is 20.7. The minimum Gasteiger partial charge on any atom is -0.294 e. The second-order valence-electron chi connectivity index (χ2n) is 16.1. The Morgan fingerprint density at radius 3 is 1.89 bits per heavy atom. The summed E-state index contributed by atoms with van der Waals surface area (Å²) in [5, 5.41) is 0. The molecule has 1 heteroatoms. The highest BCUT2D eigenvalue weighted by Gasteiger charge is 2.60. The Labute approximate surface area is 311 Å². The SMILES string of the molecule is Cc1ccc2c(c1)C1(c3ccccc3-c3ccccc31)C1CC(C(=O)c3ccc4c(c3)[C@]3(c5c#cccc5-c5ccccc53)c3ccccc3-4)CCC21. The average molecular weight is 677 g/mol. The van der Waals surface area contributed by atoms with Crippen LogP contribution in [-0.2, 0) is 10.8 Å². The number of carbonyl (C=O) groups excluding carboxylic acids is 1. The van der Waals surface area contributed by atoms with Crippen molar-refractivity contribution in [2.24, 2.45) is 11.8 Å². The highest BCUT2D eigenvalue weighted by atomic mass is 16.1. The first-order valence-corrected chi connectivity index (χ1v) is 19.2. The molecule has 1 saturated carbocycles. The van der Waals surface area contributed by atoms with Gasteiger partial charge in [-0.15, -0.1) is 0 Å². The highest BCUT2D eigenvalue weighted by Crippen LogP contribution is 2.68. The van der Waals surface area contributed by atoms with Gasteiger partial charge in [0.15, 0.2) is 5.78 Å². The predicted molar refractivity (Wildman–Crippen MR) is 211 cm³/mol. The molecule has 2 spiro atoms. The van der Waals surface area contributed by atoms with Crippen molar-refractivity contribution in [1.82, 2.24) is 0 Å². The van der Waals surface area contributed by atoms with Crippen molar-refractivity contribution >= 4 is 5.78 Å². The molecule has 1 fully saturated rings. The zero-order chi connectivity index (χ0) is 35.1. The van der Waals surface area contributed by atoms with Crippen molar-refractivity contribution in [2.45, 2.75) is 42.9 Å². The largest absolute Gasteiger partial charge is 0.294 e. The molecule has 5 aliphatic rings. The van der Waals surface area contributed by atoms with Crippen LogP contribution in [0.15, 0.2) is 146 Å². The van der Waals surface area contributed by atoms with Crippen LogP contribution in [0, 0.1) is 30.9 Å². The zero-order valence-electron chi connectivity index (χ0n) is 29.6. The fourth-order valence-electron chi connectivity index (χ4n) is 12.1. The molecule has 4 atom stereocenters. The summed E-state index contributed by atoms with van der Waals surface area (Å²) in [4.78, 5) is 15.2. The lowest BCUT2D eigenvalue weighted by molar-refractivity contribution is 0.0836. The first-order chi connectivity index (χ1) is 26.1. The standard InChI is InChI=1S/C52H36O/c1-31-22-25-39-41-27-24-33(30-49(41)52(47(39)28-31)45-20-10-4-14-36(45)37-15-5-11-21-46(37)52)50(53)32-23-26-40-38-16-6-9-19-44(38)51(48(40)29-32)42-17-7-2-12-34(42)35-13-3-8-18-43(35)51/h2-7,9-17,19-23,25-26,28-29,33,41,49H,24,27,30H2,1H3/t33?,41?,49?,51-/m1/s1. The van der Waals surface area contributed by atoms with E-state index in [4.69, 9.17) is 0 Å². The molecule has 0 heterocycles. The Morgan fingerprint density at radius 2 is 1.19 bits per heavy atom. The summed E-state index contributed by atoms with van der Waals surface area (Å²) >= 11 is 0. The highest BCUT2D eigenvalue weighted by molar-refractivity contribution is 6.01. The van der Waals surface area contributed by atoms with E-state index in [1.54, 1.807) is 0 Å². The number of benzene rings is 6. The number of Topliss-reactive ketones (excluding diaryl/α,β-unsaturated/α-hetero) is 1. The Hall–Kier alpha value is -5.97. The van der Waals surface area contributed by atoms with Gasteiger partial charge in [-0.2, -0.15) is 0 Å². The van der Waals surface area contributed by atoms with Crippen LogP contribution < -0.4 is 0 Å². The molecule has 0 saturated heterocycles. The molecule has 0 aliphatic heterocycles. The van der Waals surface area contributed by atoms with Crippen molar-refractivity contribution in [1.29, 1.82) is 0 Å². The first kappa shape index (κ1) is 29.6. The van der Waals surface area contributed by atoms with Crippen LogP contribution >= 0.6 is 0 Å². The Balaban J connectivity index is 1.01. The van der Waals surface area contributed by atoms with Crippen LogP contribution in [0.4, 0.5) is 0 Å². The molecule has 7 aromatic rings. The fourth-order valence-corrected chi connectivity index (χ4v) is 12.1. The molecule has 1 nitrogen and oxygen atoms in total. The van der Waals surface area contributed by atoms with E-state index in [1.165, 1.54) is 77.9 Å². The van der Waals surface area contributed by atoms with E-state index in [1.807, 2.05) is 6.07 Å². The van der Waals surface area contributed by atoms with Gasteiger partial charge in [-0.1, -0.05) is 145 Å². The van der Waals surface area contributed by atoms with E-state index in [-0.39, 0.29) is 17.1 Å². The van der Waals surface area contributed by atoms with Gasteiger partial charge >= 0.3 is 0 Å². The molecule has 0 radical (unpaired) electrons. The minimum absolute atomic E-state index is 0.0516. The van der Waals surface area contributed by atoms with Gasteiger partial charge in [0.25, 0.3) is 0 Å². The summed E-state index contributed by atoms with van der Waals surface area (Å²) in [5.41, 5.74) is 19.6. The van der Waals surface area contributed by atoms with E-state index in [2.05, 4.69) is 159 Å². The van der Waals surface area contributed by atoms with Crippen LogP contribution in [0.25, 0.3) is 33.4 Å². The lowest BCUT2D eigenvalue weighted by atomic mass is 9.60. The van der Waals surface area contributed by atoms with Gasteiger partial charge in [0.2, 0.25) is 0 Å². The molecule has 0 aromatic heterocycles. The van der Waals surface area contributed by atoms with Crippen molar-refractivity contribution < 1.29 is 4.79 Å². The number of aryl methyl sites for hydroxylation is 1. The fraction of sp³-hybridized carbons (Fsp3) is 0.173. The monoisotopic (exact) mass is 676 g/mol. The molecule has 0 N–H and O–H groups in total. The maximum atomic E-state index is 15.2. The van der Waals surface area contributed by atoms with Crippen molar-refractivity contribution in [3.8, 4) is 33.4 Å². The predicted octanol–water partition coefficient (Wildman–Crippen LogP) is 11.7. The molecule has 5 aliphatic carbocycles. The van der Waals surface area contributed by atoms with Gasteiger partial charge in [0.05, 0.1) is 10.8 Å². The second kappa shape index (κ2) is 10.3. The Kier molecular flexibility index (Phi) is 5.77. The Morgan fingerprint density at radius 1 is 0.585 bits per heavy atom. The van der Waals surface area contributed by atoms with E-state index in [0.29, 0.717) is 11.8 Å². The lowest BCUT2D eigenvalue weighted by Gasteiger charge is -2.42. The van der Waals surface area contributed by atoms with Crippen molar-refractivity contribution in [2.75, 3.05) is 0 Å². The van der Waals surface area contributed by atoms with Gasteiger partial charge in [-0.3, -0.25) is 4.79 Å². The smallest absolute Gasteiger partial charge is 0.165 e. The maximum absolute atomic E-state index is 15.2. The molecule has 53 heavy (non-hydrogen) atoms. The summed E-state index contributed by atoms with van der Waals surface area (Å²) in [7, 11) is 0. The lowest BCUT2D eigenvalue weighted by Crippen LogP contribution is -2.38. The van der Waals surface area contributed by atoms with E-state index < -0.39 is 5.41 Å². The zero-order valence-corrected chi connectivity index (χ0v) is 29.6. The number of rotatable bonds is 2. The summed E-state index contributed by atoms with van der Waals surface area (Å²) in [6.07, 6.45) is 2.80. The first-order valence-electron chi connectivity index (χ1n) is 19.2. The maximum Gasteiger partial charge on any atom is 0.165 e. The van der Waals surface area contributed by atoms with Gasteiger partial charge in [-0.25, -0.2) is 0 Å².